The van der Waals surface area contributed by atoms with Crippen molar-refractivity contribution in [2.75, 3.05) is 13.7 Å². The van der Waals surface area contributed by atoms with E-state index < -0.39 is 0 Å². The van der Waals surface area contributed by atoms with Gasteiger partial charge in [0.15, 0.2) is 0 Å². The molecule has 0 saturated carbocycles. The topological polar surface area (TPSA) is 35.5 Å². The first kappa shape index (κ1) is 10.3. The Morgan fingerprint density at radius 3 is 3.13 bits per heavy atom. The van der Waals surface area contributed by atoms with E-state index >= 15 is 0 Å². The fraction of sp³-hybridized carbons (Fsp3) is 0.364. The molecule has 0 fully saturated rings. The van der Waals surface area contributed by atoms with Crippen molar-refractivity contribution in [2.24, 2.45) is 0 Å². The highest BCUT2D eigenvalue weighted by Crippen LogP contribution is 2.33. The molecular weight excluding hydrogens is 216 g/mol. The van der Waals surface area contributed by atoms with E-state index in [4.69, 9.17) is 16.3 Å². The molecule has 0 unspecified atom stereocenters. The summed E-state index contributed by atoms with van der Waals surface area (Å²) in [6.07, 6.45) is 1.06. The number of halogens is 1. The second-order valence-electron chi connectivity index (χ2n) is 3.40. The number of carbonyl (C=O) groups is 1. The number of methoxy groups -OCH3 is 1. The standard InChI is InChI=1S/C11H11ClO3/c1-14-10(13)6-8-5-9(12)4-7-2-3-15-11(7)8/h4-5H,2-3,6H2,1H3. The summed E-state index contributed by atoms with van der Waals surface area (Å²) in [6, 6.07) is 3.63. The van der Waals surface area contributed by atoms with Gasteiger partial charge in [0.2, 0.25) is 0 Å². The summed E-state index contributed by atoms with van der Waals surface area (Å²) in [5.74, 6) is 0.514. The predicted molar refractivity (Wildman–Crippen MR) is 56.4 cm³/mol. The minimum absolute atomic E-state index is 0.208. The molecule has 0 atom stereocenters. The minimum atomic E-state index is -0.282. The minimum Gasteiger partial charge on any atom is -0.493 e. The summed E-state index contributed by atoms with van der Waals surface area (Å²) in [5, 5.41) is 0.637. The molecule has 0 radical (unpaired) electrons. The number of fused-ring (bicyclic) bond motifs is 1. The fourth-order valence-electron chi connectivity index (χ4n) is 1.71. The third-order valence-electron chi connectivity index (χ3n) is 2.39. The molecule has 0 spiro atoms. The lowest BCUT2D eigenvalue weighted by atomic mass is 10.1. The van der Waals surface area contributed by atoms with Gasteiger partial charge in [-0.05, 0) is 17.7 Å². The third-order valence-corrected chi connectivity index (χ3v) is 2.61. The van der Waals surface area contributed by atoms with Crippen molar-refractivity contribution < 1.29 is 14.3 Å². The van der Waals surface area contributed by atoms with Crippen LogP contribution in [0.2, 0.25) is 5.02 Å². The second-order valence-corrected chi connectivity index (χ2v) is 3.84. The lowest BCUT2D eigenvalue weighted by Crippen LogP contribution is -2.05. The van der Waals surface area contributed by atoms with Gasteiger partial charge in [-0.3, -0.25) is 4.79 Å². The molecule has 0 bridgehead atoms. The maximum absolute atomic E-state index is 11.2. The number of carbonyl (C=O) groups excluding carboxylic acids is 1. The summed E-state index contributed by atoms with van der Waals surface area (Å²) in [7, 11) is 1.37. The zero-order valence-corrected chi connectivity index (χ0v) is 9.13. The van der Waals surface area contributed by atoms with Crippen molar-refractivity contribution in [3.63, 3.8) is 0 Å². The normalized spacial score (nSPS) is 13.2. The summed E-state index contributed by atoms with van der Waals surface area (Å²) >= 11 is 5.95. The van der Waals surface area contributed by atoms with E-state index in [0.29, 0.717) is 11.6 Å². The molecule has 15 heavy (non-hydrogen) atoms. The second kappa shape index (κ2) is 4.11. The Hall–Kier alpha value is -1.22. The van der Waals surface area contributed by atoms with E-state index in [0.717, 1.165) is 23.3 Å². The van der Waals surface area contributed by atoms with E-state index in [9.17, 15) is 4.79 Å². The van der Waals surface area contributed by atoms with Gasteiger partial charge in [-0.2, -0.15) is 0 Å². The van der Waals surface area contributed by atoms with E-state index in [2.05, 4.69) is 4.74 Å². The SMILES string of the molecule is COC(=O)Cc1cc(Cl)cc2c1OCC2. The van der Waals surface area contributed by atoms with Gasteiger partial charge in [-0.1, -0.05) is 11.6 Å². The molecule has 0 saturated heterocycles. The summed E-state index contributed by atoms with van der Waals surface area (Å²) < 4.78 is 10.1. The summed E-state index contributed by atoms with van der Waals surface area (Å²) in [6.45, 7) is 0.657. The molecule has 2 rings (SSSR count). The highest BCUT2D eigenvalue weighted by Gasteiger charge is 2.19. The third kappa shape index (κ3) is 2.07. The molecular formula is C11H11ClO3. The molecule has 1 aliphatic rings. The van der Waals surface area contributed by atoms with E-state index in [-0.39, 0.29) is 12.4 Å². The van der Waals surface area contributed by atoms with Crippen molar-refractivity contribution in [1.82, 2.24) is 0 Å². The molecule has 1 aromatic carbocycles. The molecule has 0 amide bonds. The number of hydrogen-bond acceptors (Lipinski definition) is 3. The van der Waals surface area contributed by atoms with Gasteiger partial charge in [0.25, 0.3) is 0 Å². The van der Waals surface area contributed by atoms with Crippen LogP contribution in [0.15, 0.2) is 12.1 Å². The maximum Gasteiger partial charge on any atom is 0.310 e. The quantitative estimate of drug-likeness (QED) is 0.724. The van der Waals surface area contributed by atoms with Crippen LogP contribution in [0.4, 0.5) is 0 Å². The van der Waals surface area contributed by atoms with Crippen molar-refractivity contribution in [2.45, 2.75) is 12.8 Å². The lowest BCUT2D eigenvalue weighted by molar-refractivity contribution is -0.139. The number of esters is 1. The largest absolute Gasteiger partial charge is 0.493 e. The molecule has 0 N–H and O–H groups in total. The highest BCUT2D eigenvalue weighted by atomic mass is 35.5. The Labute approximate surface area is 92.9 Å². The van der Waals surface area contributed by atoms with Crippen molar-refractivity contribution in [3.05, 3.63) is 28.3 Å². The highest BCUT2D eigenvalue weighted by molar-refractivity contribution is 6.30. The number of hydrogen-bond donors (Lipinski definition) is 0. The fourth-order valence-corrected chi connectivity index (χ4v) is 1.97. The number of ether oxygens (including phenoxy) is 2. The van der Waals surface area contributed by atoms with Crippen LogP contribution in [-0.2, 0) is 22.4 Å². The van der Waals surface area contributed by atoms with E-state index in [1.54, 1.807) is 6.07 Å². The summed E-state index contributed by atoms with van der Waals surface area (Å²) in [4.78, 5) is 11.2. The van der Waals surface area contributed by atoms with Crippen LogP contribution < -0.4 is 4.74 Å². The smallest absolute Gasteiger partial charge is 0.310 e. The molecule has 4 heteroatoms. The first-order chi connectivity index (χ1) is 7.20. The van der Waals surface area contributed by atoms with Gasteiger partial charge in [0, 0.05) is 17.0 Å². The molecule has 3 nitrogen and oxygen atoms in total. The molecule has 0 aromatic heterocycles. The van der Waals surface area contributed by atoms with Gasteiger partial charge in [-0.15, -0.1) is 0 Å². The van der Waals surface area contributed by atoms with Crippen LogP contribution in [0.3, 0.4) is 0 Å². The Balaban J connectivity index is 2.34. The average Bonchev–Trinajstić information content (AvgIpc) is 2.65. The van der Waals surface area contributed by atoms with E-state index in [1.807, 2.05) is 6.07 Å². The Morgan fingerprint density at radius 1 is 1.60 bits per heavy atom. The van der Waals surface area contributed by atoms with Crippen LogP contribution in [0.5, 0.6) is 5.75 Å². The Kier molecular flexibility index (Phi) is 2.82. The summed E-state index contributed by atoms with van der Waals surface area (Å²) in [5.41, 5.74) is 1.88. The van der Waals surface area contributed by atoms with Crippen LogP contribution in [0.1, 0.15) is 11.1 Å². The lowest BCUT2D eigenvalue weighted by Gasteiger charge is -2.07. The van der Waals surface area contributed by atoms with Crippen molar-refractivity contribution >= 4 is 17.6 Å². The van der Waals surface area contributed by atoms with E-state index in [1.165, 1.54) is 7.11 Å². The van der Waals surface area contributed by atoms with Crippen LogP contribution in [-0.4, -0.2) is 19.7 Å². The first-order valence-corrected chi connectivity index (χ1v) is 5.09. The van der Waals surface area contributed by atoms with Gasteiger partial charge in [-0.25, -0.2) is 0 Å². The molecule has 0 aliphatic carbocycles. The van der Waals surface area contributed by atoms with Crippen LogP contribution >= 0.6 is 11.6 Å². The average molecular weight is 227 g/mol. The molecule has 1 aliphatic heterocycles. The number of benzene rings is 1. The van der Waals surface area contributed by atoms with Gasteiger partial charge in [0.05, 0.1) is 20.1 Å². The molecule has 1 aromatic rings. The molecule has 1 heterocycles. The Bertz CT molecular complexity index is 401. The van der Waals surface area contributed by atoms with Crippen LogP contribution in [0.25, 0.3) is 0 Å². The van der Waals surface area contributed by atoms with Crippen molar-refractivity contribution in [3.8, 4) is 5.75 Å². The predicted octanol–water partition coefficient (Wildman–Crippen LogP) is 1.99. The van der Waals surface area contributed by atoms with Gasteiger partial charge in [0.1, 0.15) is 5.75 Å². The molecule has 80 valence electrons. The van der Waals surface area contributed by atoms with Gasteiger partial charge < -0.3 is 9.47 Å². The number of rotatable bonds is 2. The van der Waals surface area contributed by atoms with Crippen molar-refractivity contribution in [1.29, 1.82) is 0 Å². The Morgan fingerprint density at radius 2 is 2.40 bits per heavy atom. The zero-order valence-electron chi connectivity index (χ0n) is 8.38. The maximum atomic E-state index is 11.2. The first-order valence-electron chi connectivity index (χ1n) is 4.71. The monoisotopic (exact) mass is 226 g/mol. The zero-order chi connectivity index (χ0) is 10.8. The van der Waals surface area contributed by atoms with Gasteiger partial charge >= 0.3 is 5.97 Å². The van der Waals surface area contributed by atoms with Crippen LogP contribution in [0, 0.1) is 0 Å².